The number of amides is 1. The van der Waals surface area contributed by atoms with Gasteiger partial charge in [-0.05, 0) is 37.1 Å². The van der Waals surface area contributed by atoms with Crippen LogP contribution in [0, 0.1) is 13.8 Å². The molecule has 0 fully saturated rings. The van der Waals surface area contributed by atoms with Crippen LogP contribution < -0.4 is 11.3 Å². The minimum absolute atomic E-state index is 0.105. The highest BCUT2D eigenvalue weighted by Gasteiger charge is 2.16. The van der Waals surface area contributed by atoms with Crippen molar-refractivity contribution in [1.29, 1.82) is 0 Å². The van der Waals surface area contributed by atoms with Crippen molar-refractivity contribution in [3.8, 4) is 11.1 Å². The average molecular weight is 362 g/mol. The third-order valence-electron chi connectivity index (χ3n) is 3.94. The molecule has 24 heavy (non-hydrogen) atoms. The van der Waals surface area contributed by atoms with Gasteiger partial charge >= 0.3 is 0 Å². The Balaban J connectivity index is 2.20. The first-order chi connectivity index (χ1) is 11.4. The molecule has 0 unspecified atom stereocenters. The number of nitrogens with two attached hydrogens (primary N) is 1. The van der Waals surface area contributed by atoms with Crippen LogP contribution in [0.25, 0.3) is 21.3 Å². The number of carbonyl (C=O) groups is 1. The van der Waals surface area contributed by atoms with Gasteiger partial charge in [-0.2, -0.15) is 0 Å². The normalized spacial score (nSPS) is 11.1. The molecule has 0 aliphatic rings. The fourth-order valence-electron chi connectivity index (χ4n) is 2.64. The second-order valence-electron chi connectivity index (χ2n) is 5.63. The first-order valence-electron chi connectivity index (χ1n) is 7.42. The largest absolute Gasteiger partial charge is 0.370 e. The van der Waals surface area contributed by atoms with Crippen LogP contribution in [-0.2, 0) is 11.3 Å². The fourth-order valence-corrected chi connectivity index (χ4v) is 3.74. The Morgan fingerprint density at radius 3 is 2.79 bits per heavy atom. The molecule has 0 spiro atoms. The zero-order valence-corrected chi connectivity index (χ0v) is 14.9. The second kappa shape index (κ2) is 6.37. The van der Waals surface area contributed by atoms with Crippen molar-refractivity contribution in [2.24, 2.45) is 5.73 Å². The van der Waals surface area contributed by atoms with E-state index in [1.165, 1.54) is 15.9 Å². The third-order valence-corrected chi connectivity index (χ3v) is 5.23. The molecule has 7 heteroatoms. The molecule has 2 N–H and O–H groups in total. The van der Waals surface area contributed by atoms with Crippen LogP contribution in [0.15, 0.2) is 28.4 Å². The van der Waals surface area contributed by atoms with Crippen LogP contribution in [0.1, 0.15) is 17.8 Å². The van der Waals surface area contributed by atoms with Gasteiger partial charge in [0.2, 0.25) is 5.91 Å². The Hall–Kier alpha value is -2.18. The number of thiophene rings is 1. The molecule has 1 amide bonds. The highest BCUT2D eigenvalue weighted by molar-refractivity contribution is 7.17. The second-order valence-corrected chi connectivity index (χ2v) is 6.89. The van der Waals surface area contributed by atoms with Gasteiger partial charge in [-0.15, -0.1) is 11.3 Å². The molecule has 0 aliphatic heterocycles. The molecule has 5 nitrogen and oxygen atoms in total. The topological polar surface area (TPSA) is 78.0 Å². The van der Waals surface area contributed by atoms with Crippen LogP contribution >= 0.6 is 22.9 Å². The highest BCUT2D eigenvalue weighted by Crippen LogP contribution is 2.32. The molecule has 0 saturated heterocycles. The Kier molecular flexibility index (Phi) is 4.43. The van der Waals surface area contributed by atoms with Gasteiger partial charge in [0, 0.05) is 28.9 Å². The molecule has 0 atom stereocenters. The van der Waals surface area contributed by atoms with Crippen LogP contribution in [0.4, 0.5) is 0 Å². The van der Waals surface area contributed by atoms with E-state index in [1.807, 2.05) is 30.5 Å². The Labute approximate surface area is 147 Å². The lowest BCUT2D eigenvalue weighted by Gasteiger charge is -2.09. The van der Waals surface area contributed by atoms with E-state index < -0.39 is 5.91 Å². The Bertz CT molecular complexity index is 1010. The van der Waals surface area contributed by atoms with Crippen molar-refractivity contribution in [2.75, 3.05) is 0 Å². The van der Waals surface area contributed by atoms with Crippen molar-refractivity contribution in [3.63, 3.8) is 0 Å². The minimum Gasteiger partial charge on any atom is -0.370 e. The van der Waals surface area contributed by atoms with Gasteiger partial charge in [0.1, 0.15) is 10.7 Å². The van der Waals surface area contributed by atoms with Crippen LogP contribution in [-0.4, -0.2) is 15.5 Å². The molecule has 3 rings (SSSR count). The number of nitrogens with zero attached hydrogens (tertiary/aromatic N) is 2. The molecule has 2 aromatic heterocycles. The maximum atomic E-state index is 12.9. The summed E-state index contributed by atoms with van der Waals surface area (Å²) in [5.41, 5.74) is 7.75. The maximum absolute atomic E-state index is 12.9. The molecule has 3 aromatic rings. The Morgan fingerprint density at radius 1 is 1.38 bits per heavy atom. The lowest BCUT2D eigenvalue weighted by molar-refractivity contribution is -0.118. The molecule has 2 heterocycles. The van der Waals surface area contributed by atoms with E-state index in [9.17, 15) is 9.59 Å². The minimum atomic E-state index is -0.444. The van der Waals surface area contributed by atoms with E-state index in [-0.39, 0.29) is 18.5 Å². The molecule has 124 valence electrons. The fraction of sp³-hybridized carbons (Fsp3) is 0.235. The van der Waals surface area contributed by atoms with Crippen molar-refractivity contribution in [1.82, 2.24) is 9.55 Å². The van der Waals surface area contributed by atoms with Crippen LogP contribution in [0.5, 0.6) is 0 Å². The number of hydrogen-bond acceptors (Lipinski definition) is 4. The predicted molar refractivity (Wildman–Crippen MR) is 97.6 cm³/mol. The Morgan fingerprint density at radius 2 is 2.12 bits per heavy atom. The molecule has 0 saturated carbocycles. The van der Waals surface area contributed by atoms with E-state index in [0.717, 1.165) is 16.7 Å². The van der Waals surface area contributed by atoms with Crippen molar-refractivity contribution >= 4 is 39.1 Å². The molecule has 0 bridgehead atoms. The lowest BCUT2D eigenvalue weighted by atomic mass is 10.0. The van der Waals surface area contributed by atoms with E-state index in [0.29, 0.717) is 21.1 Å². The summed E-state index contributed by atoms with van der Waals surface area (Å²) in [6.45, 7) is 3.92. The first kappa shape index (κ1) is 16.7. The van der Waals surface area contributed by atoms with Crippen LogP contribution in [0.3, 0.4) is 0 Å². The average Bonchev–Trinajstić information content (AvgIpc) is 2.93. The first-order valence-corrected chi connectivity index (χ1v) is 8.67. The van der Waals surface area contributed by atoms with E-state index in [1.54, 1.807) is 6.92 Å². The maximum Gasteiger partial charge on any atom is 0.262 e. The standard InChI is InChI=1S/C17H16ClN3O2S/c1-9-7-11(3-4-13(9)18)12-8-24-16-15(12)17(23)21(10(2)20-16)6-5-14(19)22/h3-4,7-8H,5-6H2,1-2H3,(H2,19,22). The van der Waals surface area contributed by atoms with Crippen molar-refractivity contribution in [3.05, 3.63) is 50.3 Å². The summed E-state index contributed by atoms with van der Waals surface area (Å²) in [4.78, 5) is 29.2. The zero-order valence-electron chi connectivity index (χ0n) is 13.3. The summed E-state index contributed by atoms with van der Waals surface area (Å²) in [5, 5.41) is 3.18. The van der Waals surface area contributed by atoms with E-state index in [4.69, 9.17) is 17.3 Å². The molecule has 0 radical (unpaired) electrons. The van der Waals surface area contributed by atoms with Gasteiger partial charge in [0.05, 0.1) is 5.39 Å². The molecule has 0 aliphatic carbocycles. The molecular formula is C17H16ClN3O2S. The molecular weight excluding hydrogens is 346 g/mol. The van der Waals surface area contributed by atoms with Crippen molar-refractivity contribution < 1.29 is 4.79 Å². The van der Waals surface area contributed by atoms with E-state index in [2.05, 4.69) is 4.98 Å². The van der Waals surface area contributed by atoms with Gasteiger partial charge in [-0.3, -0.25) is 14.2 Å². The number of benzene rings is 1. The summed E-state index contributed by atoms with van der Waals surface area (Å²) in [5.74, 6) is 0.134. The van der Waals surface area contributed by atoms with Gasteiger partial charge in [-0.25, -0.2) is 4.98 Å². The summed E-state index contributed by atoms with van der Waals surface area (Å²) in [6, 6.07) is 5.67. The summed E-state index contributed by atoms with van der Waals surface area (Å²) in [7, 11) is 0. The van der Waals surface area contributed by atoms with Crippen molar-refractivity contribution in [2.45, 2.75) is 26.8 Å². The van der Waals surface area contributed by atoms with E-state index >= 15 is 0 Å². The number of carbonyl (C=O) groups excluding carboxylic acids is 1. The number of rotatable bonds is 4. The quantitative estimate of drug-likeness (QED) is 0.774. The lowest BCUT2D eigenvalue weighted by Crippen LogP contribution is -2.26. The third kappa shape index (κ3) is 2.95. The SMILES string of the molecule is Cc1cc(-c2csc3nc(C)n(CCC(N)=O)c(=O)c23)ccc1Cl. The summed E-state index contributed by atoms with van der Waals surface area (Å²) in [6.07, 6.45) is 0.105. The smallest absolute Gasteiger partial charge is 0.262 e. The van der Waals surface area contributed by atoms with Gasteiger partial charge in [0.15, 0.2) is 0 Å². The number of halogens is 1. The van der Waals surface area contributed by atoms with Crippen LogP contribution in [0.2, 0.25) is 5.02 Å². The van der Waals surface area contributed by atoms with Gasteiger partial charge in [-0.1, -0.05) is 17.7 Å². The van der Waals surface area contributed by atoms with Gasteiger partial charge in [0.25, 0.3) is 5.56 Å². The zero-order chi connectivity index (χ0) is 17.4. The van der Waals surface area contributed by atoms with Gasteiger partial charge < -0.3 is 5.73 Å². The number of aromatic nitrogens is 2. The molecule has 1 aromatic carbocycles. The number of primary amides is 1. The highest BCUT2D eigenvalue weighted by atomic mass is 35.5. The summed E-state index contributed by atoms with van der Waals surface area (Å²) < 4.78 is 1.51. The number of fused-ring (bicyclic) bond motifs is 1. The predicted octanol–water partition coefficient (Wildman–Crippen LogP) is 3.27. The number of hydrogen-bond donors (Lipinski definition) is 1. The summed E-state index contributed by atoms with van der Waals surface area (Å²) >= 11 is 7.52. The monoisotopic (exact) mass is 361 g/mol. The number of aryl methyl sites for hydroxylation is 2.